The highest BCUT2D eigenvalue weighted by atomic mass is 19.4. The molecule has 0 spiro atoms. The highest BCUT2D eigenvalue weighted by molar-refractivity contribution is 5.93. The molecule has 0 aromatic carbocycles. The van der Waals surface area contributed by atoms with Gasteiger partial charge >= 0.3 is 12.2 Å². The number of halogens is 3. The monoisotopic (exact) mass is 344 g/mol. The first-order valence-electron chi connectivity index (χ1n) is 7.63. The smallest absolute Gasteiger partial charge is 0.354 e. The first-order chi connectivity index (χ1) is 11.3. The normalized spacial score (nSPS) is 21.0. The summed E-state index contributed by atoms with van der Waals surface area (Å²) in [6, 6.07) is 3.35. The first kappa shape index (κ1) is 18.0. The van der Waals surface area contributed by atoms with E-state index >= 15 is 0 Å². The molecular weight excluding hydrogens is 325 g/mol. The van der Waals surface area contributed by atoms with Crippen LogP contribution in [-0.4, -0.2) is 36.2 Å². The van der Waals surface area contributed by atoms with E-state index in [1.54, 1.807) is 6.07 Å². The Morgan fingerprint density at radius 3 is 2.67 bits per heavy atom. The highest BCUT2D eigenvalue weighted by Gasteiger charge is 2.42. The van der Waals surface area contributed by atoms with Crippen molar-refractivity contribution in [1.82, 2.24) is 15.6 Å². The van der Waals surface area contributed by atoms with Gasteiger partial charge in [-0.05, 0) is 31.4 Å². The van der Waals surface area contributed by atoms with E-state index in [1.807, 2.05) is 0 Å². The van der Waals surface area contributed by atoms with Crippen LogP contribution in [0.5, 0.6) is 0 Å². The molecule has 0 saturated heterocycles. The molecule has 0 radical (unpaired) electrons. The Kier molecular flexibility index (Phi) is 5.63. The number of pyridine rings is 1. The van der Waals surface area contributed by atoms with Gasteiger partial charge in [0.15, 0.2) is 0 Å². The summed E-state index contributed by atoms with van der Waals surface area (Å²) >= 11 is 0. The zero-order valence-corrected chi connectivity index (χ0v) is 13.1. The number of nitrogens with one attached hydrogen (secondary N) is 3. The van der Waals surface area contributed by atoms with E-state index in [0.717, 1.165) is 0 Å². The lowest BCUT2D eigenvalue weighted by Gasteiger charge is -2.30. The Labute approximate surface area is 137 Å². The summed E-state index contributed by atoms with van der Waals surface area (Å²) in [7, 11) is 1.46. The average Bonchev–Trinajstić information content (AvgIpc) is 2.53. The molecule has 1 fully saturated rings. The van der Waals surface area contributed by atoms with Crippen LogP contribution >= 0.6 is 0 Å². The SMILES string of the molecule is CNC(=O)c1cccc(NC(=O)N[C@@H]2CCC[C@@H](C(F)(F)F)C2)n1. The Bertz CT molecular complexity index is 607. The molecule has 2 atom stereocenters. The minimum atomic E-state index is -4.24. The summed E-state index contributed by atoms with van der Waals surface area (Å²) < 4.78 is 38.3. The van der Waals surface area contributed by atoms with Crippen molar-refractivity contribution in [3.05, 3.63) is 23.9 Å². The second-order valence-corrected chi connectivity index (χ2v) is 5.69. The van der Waals surface area contributed by atoms with Gasteiger partial charge in [-0.1, -0.05) is 12.5 Å². The van der Waals surface area contributed by atoms with Crippen LogP contribution in [0.15, 0.2) is 18.2 Å². The largest absolute Gasteiger partial charge is 0.391 e. The molecule has 1 aliphatic carbocycles. The van der Waals surface area contributed by atoms with E-state index in [4.69, 9.17) is 0 Å². The molecule has 1 saturated carbocycles. The number of carbonyl (C=O) groups excluding carboxylic acids is 2. The third-order valence-electron chi connectivity index (χ3n) is 3.92. The van der Waals surface area contributed by atoms with Crippen molar-refractivity contribution in [3.8, 4) is 0 Å². The molecule has 0 aliphatic heterocycles. The van der Waals surface area contributed by atoms with Crippen LogP contribution in [-0.2, 0) is 0 Å². The summed E-state index contributed by atoms with van der Waals surface area (Å²) in [4.78, 5) is 27.4. The Balaban J connectivity index is 1.92. The number of hydrogen-bond acceptors (Lipinski definition) is 3. The molecule has 3 amide bonds. The predicted molar refractivity (Wildman–Crippen MR) is 81.6 cm³/mol. The topological polar surface area (TPSA) is 83.1 Å². The van der Waals surface area contributed by atoms with Crippen LogP contribution in [0.3, 0.4) is 0 Å². The molecule has 3 N–H and O–H groups in total. The van der Waals surface area contributed by atoms with Crippen LogP contribution < -0.4 is 16.0 Å². The van der Waals surface area contributed by atoms with Gasteiger partial charge in [0.05, 0.1) is 5.92 Å². The van der Waals surface area contributed by atoms with Gasteiger partial charge in [-0.25, -0.2) is 9.78 Å². The van der Waals surface area contributed by atoms with Gasteiger partial charge < -0.3 is 10.6 Å². The van der Waals surface area contributed by atoms with Crippen molar-refractivity contribution in [1.29, 1.82) is 0 Å². The number of nitrogens with zero attached hydrogens (tertiary/aromatic N) is 1. The van der Waals surface area contributed by atoms with Gasteiger partial charge in [0, 0.05) is 13.1 Å². The quantitative estimate of drug-likeness (QED) is 0.788. The maximum Gasteiger partial charge on any atom is 0.391 e. The van der Waals surface area contributed by atoms with E-state index in [9.17, 15) is 22.8 Å². The summed E-state index contributed by atoms with van der Waals surface area (Å²) in [6.07, 6.45) is -3.34. The second kappa shape index (κ2) is 7.50. The van der Waals surface area contributed by atoms with Gasteiger partial charge in [-0.2, -0.15) is 13.2 Å². The molecule has 1 heterocycles. The van der Waals surface area contributed by atoms with Crippen LogP contribution in [0, 0.1) is 5.92 Å². The Morgan fingerprint density at radius 2 is 2.00 bits per heavy atom. The summed E-state index contributed by atoms with van der Waals surface area (Å²) in [5.74, 6) is -1.64. The molecule has 0 bridgehead atoms. The molecule has 1 aromatic heterocycles. The zero-order chi connectivity index (χ0) is 17.7. The molecule has 2 rings (SSSR count). The fraction of sp³-hybridized carbons (Fsp3) is 0.533. The van der Waals surface area contributed by atoms with E-state index in [1.165, 1.54) is 19.2 Å². The van der Waals surface area contributed by atoms with Crippen molar-refractivity contribution in [2.75, 3.05) is 12.4 Å². The van der Waals surface area contributed by atoms with Crippen LogP contribution in [0.4, 0.5) is 23.8 Å². The maximum absolute atomic E-state index is 12.8. The van der Waals surface area contributed by atoms with E-state index < -0.39 is 30.1 Å². The van der Waals surface area contributed by atoms with Gasteiger partial charge in [0.25, 0.3) is 5.91 Å². The number of alkyl halides is 3. The van der Waals surface area contributed by atoms with E-state index in [0.29, 0.717) is 12.8 Å². The lowest BCUT2D eigenvalue weighted by molar-refractivity contribution is -0.183. The first-order valence-corrected chi connectivity index (χ1v) is 7.63. The van der Waals surface area contributed by atoms with Crippen molar-refractivity contribution in [2.24, 2.45) is 5.92 Å². The number of hydrogen-bond donors (Lipinski definition) is 3. The molecule has 6 nitrogen and oxygen atoms in total. The molecule has 132 valence electrons. The number of carbonyl (C=O) groups is 2. The van der Waals surface area contributed by atoms with Crippen molar-refractivity contribution in [2.45, 2.75) is 37.9 Å². The third kappa shape index (κ3) is 4.84. The number of aromatic nitrogens is 1. The number of anilines is 1. The van der Waals surface area contributed by atoms with Crippen molar-refractivity contribution < 1.29 is 22.8 Å². The maximum atomic E-state index is 12.8. The van der Waals surface area contributed by atoms with Gasteiger partial charge in [0.1, 0.15) is 11.5 Å². The highest BCUT2D eigenvalue weighted by Crippen LogP contribution is 2.37. The standard InChI is InChI=1S/C15H19F3N4O2/c1-19-13(23)11-6-3-7-12(21-11)22-14(24)20-10-5-2-4-9(8-10)15(16,17)18/h3,6-7,9-10H,2,4-5,8H2,1H3,(H,19,23)(H2,20,21,22,24)/t9-,10-/m1/s1. The average molecular weight is 344 g/mol. The van der Waals surface area contributed by atoms with Gasteiger partial charge in [-0.15, -0.1) is 0 Å². The van der Waals surface area contributed by atoms with Crippen molar-refractivity contribution in [3.63, 3.8) is 0 Å². The van der Waals surface area contributed by atoms with Gasteiger partial charge in [-0.3, -0.25) is 10.1 Å². The van der Waals surface area contributed by atoms with Crippen LogP contribution in [0.1, 0.15) is 36.2 Å². The van der Waals surface area contributed by atoms with Crippen molar-refractivity contribution >= 4 is 17.8 Å². The summed E-state index contributed by atoms with van der Waals surface area (Å²) in [6.45, 7) is 0. The Morgan fingerprint density at radius 1 is 1.25 bits per heavy atom. The van der Waals surface area contributed by atoms with Crippen LogP contribution in [0.2, 0.25) is 0 Å². The Hall–Kier alpha value is -2.32. The fourth-order valence-corrected chi connectivity index (χ4v) is 2.71. The number of rotatable bonds is 3. The van der Waals surface area contributed by atoms with E-state index in [-0.39, 0.29) is 24.4 Å². The molecule has 0 unspecified atom stereocenters. The molecule has 1 aliphatic rings. The van der Waals surface area contributed by atoms with Crippen LogP contribution in [0.25, 0.3) is 0 Å². The lowest BCUT2D eigenvalue weighted by atomic mass is 9.85. The predicted octanol–water partition coefficient (Wildman–Crippen LogP) is 2.68. The molecular formula is C15H19F3N4O2. The number of amides is 3. The van der Waals surface area contributed by atoms with Gasteiger partial charge in [0.2, 0.25) is 0 Å². The summed E-state index contributed by atoms with van der Waals surface area (Å²) in [5.41, 5.74) is 0.130. The third-order valence-corrected chi connectivity index (χ3v) is 3.92. The zero-order valence-electron chi connectivity index (χ0n) is 13.1. The second-order valence-electron chi connectivity index (χ2n) is 5.69. The lowest BCUT2D eigenvalue weighted by Crippen LogP contribution is -2.43. The van der Waals surface area contributed by atoms with E-state index in [2.05, 4.69) is 20.9 Å². The molecule has 24 heavy (non-hydrogen) atoms. The minimum Gasteiger partial charge on any atom is -0.354 e. The number of urea groups is 1. The fourth-order valence-electron chi connectivity index (χ4n) is 2.71. The molecule has 1 aromatic rings. The molecule has 9 heteroatoms. The summed E-state index contributed by atoms with van der Waals surface area (Å²) in [5, 5.41) is 7.39. The minimum absolute atomic E-state index is 0.0963.